The van der Waals surface area contributed by atoms with Crippen molar-refractivity contribution in [3.8, 4) is 0 Å². The Morgan fingerprint density at radius 2 is 2.05 bits per heavy atom. The van der Waals surface area contributed by atoms with Gasteiger partial charge in [-0.1, -0.05) is 25.4 Å². The fourth-order valence-corrected chi connectivity index (χ4v) is 3.43. The topological polar surface area (TPSA) is 82.1 Å². The molecular weight excluding hydrogens is 286 g/mol. The van der Waals surface area contributed by atoms with Gasteiger partial charge in [0.15, 0.2) is 0 Å². The van der Waals surface area contributed by atoms with Crippen LogP contribution >= 0.6 is 11.6 Å². The number of hydrogen-bond donors (Lipinski definition) is 4. The summed E-state index contributed by atoms with van der Waals surface area (Å²) in [5.74, 6) is 0.426. The number of aliphatic hydroxyl groups is 1. The Morgan fingerprint density at radius 3 is 2.62 bits per heavy atom. The van der Waals surface area contributed by atoms with Crippen molar-refractivity contribution in [3.05, 3.63) is 28.3 Å². The molecule has 0 aromatic heterocycles. The first-order valence-electron chi connectivity index (χ1n) is 7.36. The van der Waals surface area contributed by atoms with Crippen molar-refractivity contribution >= 4 is 23.5 Å². The average molecular weight is 310 g/mol. The van der Waals surface area contributed by atoms with E-state index in [2.05, 4.69) is 19.2 Å². The van der Waals surface area contributed by atoms with Crippen LogP contribution < -0.4 is 11.1 Å². The molecule has 1 aromatic carbocycles. The van der Waals surface area contributed by atoms with Crippen molar-refractivity contribution in [2.75, 3.05) is 18.8 Å². The van der Waals surface area contributed by atoms with E-state index < -0.39 is 6.10 Å². The predicted octanol–water partition coefficient (Wildman–Crippen LogP) is 2.98. The normalized spacial score (nSPS) is 18.5. The number of aliphatic hydroxyl groups excluding tert-OH is 1. The molecular formula is C16H24ClN3O. The molecule has 0 amide bonds. The monoisotopic (exact) mass is 309 g/mol. The second kappa shape index (κ2) is 6.34. The van der Waals surface area contributed by atoms with Crippen LogP contribution in [-0.4, -0.2) is 24.4 Å². The summed E-state index contributed by atoms with van der Waals surface area (Å²) in [6.07, 6.45) is 2.57. The van der Waals surface area contributed by atoms with Gasteiger partial charge in [0.1, 0.15) is 0 Å². The van der Waals surface area contributed by atoms with Gasteiger partial charge in [-0.15, -0.1) is 0 Å². The van der Waals surface area contributed by atoms with Crippen LogP contribution in [-0.2, 0) is 0 Å². The summed E-state index contributed by atoms with van der Waals surface area (Å²) >= 11 is 6.10. The standard InChI is InChI=1S/C16H24ClN3O/c1-16(2,11-3-5-20-6-4-11)15(21)13-8-12(17)7-10(9-18)14(13)19/h7-9,11,15,18,20-21H,3-6,19H2,1-2H3/t15-/m1/s1. The van der Waals surface area contributed by atoms with Crippen LogP contribution in [0.1, 0.15) is 43.9 Å². The van der Waals surface area contributed by atoms with Gasteiger partial charge in [-0.3, -0.25) is 0 Å². The Bertz CT molecular complexity index is 524. The minimum atomic E-state index is -0.696. The van der Waals surface area contributed by atoms with Crippen LogP contribution in [0.3, 0.4) is 0 Å². The van der Waals surface area contributed by atoms with E-state index in [0.717, 1.165) is 25.9 Å². The summed E-state index contributed by atoms with van der Waals surface area (Å²) in [6, 6.07) is 3.37. The van der Waals surface area contributed by atoms with E-state index >= 15 is 0 Å². The summed E-state index contributed by atoms with van der Waals surface area (Å²) in [4.78, 5) is 0. The van der Waals surface area contributed by atoms with Crippen molar-refractivity contribution < 1.29 is 5.11 Å². The highest BCUT2D eigenvalue weighted by atomic mass is 35.5. The first-order valence-corrected chi connectivity index (χ1v) is 7.74. The molecule has 0 aliphatic carbocycles. The zero-order valence-electron chi connectivity index (χ0n) is 12.6. The number of halogens is 1. The lowest BCUT2D eigenvalue weighted by Gasteiger charge is -2.41. The molecule has 0 unspecified atom stereocenters. The Labute approximate surface area is 131 Å². The first kappa shape index (κ1) is 16.3. The summed E-state index contributed by atoms with van der Waals surface area (Å²) in [7, 11) is 0. The fraction of sp³-hybridized carbons (Fsp3) is 0.562. The predicted molar refractivity (Wildman–Crippen MR) is 88.1 cm³/mol. The maximum Gasteiger partial charge on any atom is 0.0864 e. The lowest BCUT2D eigenvalue weighted by molar-refractivity contribution is -0.00573. The van der Waals surface area contributed by atoms with Gasteiger partial charge < -0.3 is 21.6 Å². The summed E-state index contributed by atoms with van der Waals surface area (Å²) in [5, 5.41) is 22.2. The molecule has 0 bridgehead atoms. The molecule has 5 heteroatoms. The number of piperidine rings is 1. The molecule has 1 fully saturated rings. The number of anilines is 1. The summed E-state index contributed by atoms with van der Waals surface area (Å²) in [5.41, 5.74) is 7.45. The Balaban J connectivity index is 2.36. The molecule has 1 saturated heterocycles. The van der Waals surface area contributed by atoms with Gasteiger partial charge >= 0.3 is 0 Å². The van der Waals surface area contributed by atoms with E-state index in [1.54, 1.807) is 12.1 Å². The van der Waals surface area contributed by atoms with Gasteiger partial charge in [-0.05, 0) is 49.4 Å². The molecule has 116 valence electrons. The summed E-state index contributed by atoms with van der Waals surface area (Å²) < 4.78 is 0. The van der Waals surface area contributed by atoms with Gasteiger partial charge in [0.05, 0.1) is 6.10 Å². The van der Waals surface area contributed by atoms with E-state index in [4.69, 9.17) is 22.7 Å². The van der Waals surface area contributed by atoms with Crippen LogP contribution in [0, 0.1) is 16.7 Å². The van der Waals surface area contributed by atoms with Crippen LogP contribution in [0.15, 0.2) is 12.1 Å². The quantitative estimate of drug-likeness (QED) is 0.510. The Hall–Kier alpha value is -1.10. The van der Waals surface area contributed by atoms with Gasteiger partial charge in [-0.25, -0.2) is 0 Å². The number of rotatable bonds is 4. The lowest BCUT2D eigenvalue weighted by Crippen LogP contribution is -2.39. The molecule has 0 radical (unpaired) electrons. The minimum absolute atomic E-state index is 0.291. The zero-order valence-corrected chi connectivity index (χ0v) is 13.4. The highest BCUT2D eigenvalue weighted by Gasteiger charge is 2.38. The van der Waals surface area contributed by atoms with Crippen molar-refractivity contribution in [2.24, 2.45) is 11.3 Å². The molecule has 2 rings (SSSR count). The smallest absolute Gasteiger partial charge is 0.0864 e. The van der Waals surface area contributed by atoms with E-state index in [1.165, 1.54) is 6.21 Å². The first-order chi connectivity index (χ1) is 9.87. The maximum absolute atomic E-state index is 10.9. The van der Waals surface area contributed by atoms with E-state index in [9.17, 15) is 5.11 Å². The third-order valence-electron chi connectivity index (χ3n) is 4.75. The number of nitrogen functional groups attached to an aromatic ring is 1. The van der Waals surface area contributed by atoms with Crippen LogP contribution in [0.25, 0.3) is 0 Å². The van der Waals surface area contributed by atoms with Crippen LogP contribution in [0.4, 0.5) is 5.69 Å². The number of hydrogen-bond acceptors (Lipinski definition) is 4. The van der Waals surface area contributed by atoms with Crippen molar-refractivity contribution in [3.63, 3.8) is 0 Å². The maximum atomic E-state index is 10.9. The zero-order chi connectivity index (χ0) is 15.6. The minimum Gasteiger partial charge on any atom is -0.398 e. The number of nitrogens with two attached hydrogens (primary N) is 1. The van der Waals surface area contributed by atoms with Gasteiger partial charge in [-0.2, -0.15) is 0 Å². The molecule has 1 atom stereocenters. The van der Waals surface area contributed by atoms with Crippen molar-refractivity contribution in [1.29, 1.82) is 5.41 Å². The second-order valence-electron chi connectivity index (χ2n) is 6.39. The van der Waals surface area contributed by atoms with Crippen molar-refractivity contribution in [1.82, 2.24) is 5.32 Å². The second-order valence-corrected chi connectivity index (χ2v) is 6.83. The molecule has 1 aliphatic heterocycles. The van der Waals surface area contributed by atoms with Gasteiger partial charge in [0.2, 0.25) is 0 Å². The van der Waals surface area contributed by atoms with Gasteiger partial charge in [0, 0.05) is 28.1 Å². The highest BCUT2D eigenvalue weighted by Crippen LogP contribution is 2.45. The SMILES string of the molecule is CC(C)(C1CCNCC1)[C@H](O)c1cc(Cl)cc(C=N)c1N. The fourth-order valence-electron chi connectivity index (χ4n) is 3.20. The van der Waals surface area contributed by atoms with Gasteiger partial charge in [0.25, 0.3) is 0 Å². The van der Waals surface area contributed by atoms with Crippen LogP contribution in [0.2, 0.25) is 5.02 Å². The Morgan fingerprint density at radius 1 is 1.43 bits per heavy atom. The molecule has 5 N–H and O–H groups in total. The molecule has 21 heavy (non-hydrogen) atoms. The van der Waals surface area contributed by atoms with E-state index in [-0.39, 0.29) is 5.41 Å². The highest BCUT2D eigenvalue weighted by molar-refractivity contribution is 6.31. The van der Waals surface area contributed by atoms with Crippen LogP contribution in [0.5, 0.6) is 0 Å². The molecule has 4 nitrogen and oxygen atoms in total. The Kier molecular flexibility index (Phi) is 4.91. The number of benzene rings is 1. The molecule has 1 aliphatic rings. The molecule has 0 spiro atoms. The molecule has 0 saturated carbocycles. The third-order valence-corrected chi connectivity index (χ3v) is 4.97. The third kappa shape index (κ3) is 3.23. The number of nitrogens with one attached hydrogen (secondary N) is 2. The molecule has 1 aromatic rings. The molecule has 1 heterocycles. The van der Waals surface area contributed by atoms with Crippen molar-refractivity contribution in [2.45, 2.75) is 32.8 Å². The summed E-state index contributed by atoms with van der Waals surface area (Å²) in [6.45, 7) is 6.13. The lowest BCUT2D eigenvalue weighted by atomic mass is 9.68. The largest absolute Gasteiger partial charge is 0.398 e. The average Bonchev–Trinajstić information content (AvgIpc) is 2.49. The van der Waals surface area contributed by atoms with E-state index in [0.29, 0.717) is 27.8 Å². The van der Waals surface area contributed by atoms with E-state index in [1.807, 2.05) is 0 Å².